The lowest BCUT2D eigenvalue weighted by atomic mass is 9.98. The Kier molecular flexibility index (Phi) is 6.44. The van der Waals surface area contributed by atoms with Crippen molar-refractivity contribution in [2.24, 2.45) is 11.7 Å². The number of carbonyl (C=O) groups excluding carboxylic acids is 1. The molecule has 0 aromatic carbocycles. The van der Waals surface area contributed by atoms with Crippen LogP contribution >= 0.6 is 12.2 Å². The zero-order valence-corrected chi connectivity index (χ0v) is 11.4. The number of amides is 1. The number of unbranched alkanes of at least 4 members (excludes halogenated alkanes) is 1. The van der Waals surface area contributed by atoms with Gasteiger partial charge in [0, 0.05) is 19.0 Å². The number of likely N-dealkylation sites (tertiary alicyclic amines) is 1. The van der Waals surface area contributed by atoms with Gasteiger partial charge in [-0.1, -0.05) is 25.6 Å². The van der Waals surface area contributed by atoms with Crippen LogP contribution in [0.5, 0.6) is 0 Å². The first-order valence-electron chi connectivity index (χ1n) is 6.41. The lowest BCUT2D eigenvalue weighted by Crippen LogP contribution is -2.45. The maximum atomic E-state index is 11.6. The van der Waals surface area contributed by atoms with Gasteiger partial charge in [-0.25, -0.2) is 0 Å². The third-order valence-electron chi connectivity index (χ3n) is 3.13. The Labute approximate surface area is 109 Å². The van der Waals surface area contributed by atoms with Crippen molar-refractivity contribution >= 4 is 23.1 Å². The Morgan fingerprint density at radius 3 is 3.00 bits per heavy atom. The molecule has 1 unspecified atom stereocenters. The summed E-state index contributed by atoms with van der Waals surface area (Å²) in [4.78, 5) is 14.4. The monoisotopic (exact) mass is 257 g/mol. The number of nitrogens with zero attached hydrogens (tertiary/aromatic N) is 1. The number of nitrogens with one attached hydrogen (secondary N) is 1. The fourth-order valence-electron chi connectivity index (χ4n) is 2.09. The van der Waals surface area contributed by atoms with E-state index in [4.69, 9.17) is 18.0 Å². The lowest BCUT2D eigenvalue weighted by Gasteiger charge is -2.31. The van der Waals surface area contributed by atoms with Crippen LogP contribution in [0.3, 0.4) is 0 Å². The Bertz CT molecular complexity index is 270. The summed E-state index contributed by atoms with van der Waals surface area (Å²) in [5, 5.41) is 2.93. The molecule has 1 rings (SSSR count). The summed E-state index contributed by atoms with van der Waals surface area (Å²) < 4.78 is 0. The summed E-state index contributed by atoms with van der Waals surface area (Å²) in [5.74, 6) is 0.393. The highest BCUT2D eigenvalue weighted by atomic mass is 32.1. The molecule has 1 amide bonds. The Morgan fingerprint density at radius 2 is 2.35 bits per heavy atom. The zero-order valence-electron chi connectivity index (χ0n) is 10.6. The fraction of sp³-hybridized carbons (Fsp3) is 0.833. The number of carbonyl (C=O) groups is 1. The second-order valence-corrected chi connectivity index (χ2v) is 5.15. The fourth-order valence-corrected chi connectivity index (χ4v) is 2.29. The van der Waals surface area contributed by atoms with E-state index in [2.05, 4.69) is 17.1 Å². The topological polar surface area (TPSA) is 58.4 Å². The van der Waals surface area contributed by atoms with Gasteiger partial charge in [-0.15, -0.1) is 0 Å². The first-order valence-corrected chi connectivity index (χ1v) is 6.82. The molecule has 0 aliphatic carbocycles. The van der Waals surface area contributed by atoms with Crippen LogP contribution in [0.4, 0.5) is 0 Å². The molecule has 0 aromatic heterocycles. The minimum Gasteiger partial charge on any atom is -0.393 e. The normalized spacial score (nSPS) is 21.1. The maximum absolute atomic E-state index is 11.6. The molecule has 1 saturated heterocycles. The van der Waals surface area contributed by atoms with E-state index in [1.165, 1.54) is 0 Å². The third-order valence-corrected chi connectivity index (χ3v) is 3.46. The highest BCUT2D eigenvalue weighted by molar-refractivity contribution is 7.80. The highest BCUT2D eigenvalue weighted by Gasteiger charge is 2.22. The number of nitrogens with two attached hydrogens (primary N) is 1. The zero-order chi connectivity index (χ0) is 12.7. The van der Waals surface area contributed by atoms with Gasteiger partial charge >= 0.3 is 0 Å². The van der Waals surface area contributed by atoms with Gasteiger partial charge in [0.25, 0.3) is 0 Å². The summed E-state index contributed by atoms with van der Waals surface area (Å²) in [7, 11) is 0. The molecule has 1 heterocycles. The SMILES string of the molecule is CCCCNC(=O)CN1CCCC(C(N)=S)C1. The van der Waals surface area contributed by atoms with E-state index in [-0.39, 0.29) is 11.8 Å². The van der Waals surface area contributed by atoms with Crippen molar-refractivity contribution in [1.82, 2.24) is 10.2 Å². The molecular weight excluding hydrogens is 234 g/mol. The van der Waals surface area contributed by atoms with Crippen molar-refractivity contribution in [2.45, 2.75) is 32.6 Å². The van der Waals surface area contributed by atoms with E-state index >= 15 is 0 Å². The van der Waals surface area contributed by atoms with Gasteiger partial charge in [0.05, 0.1) is 11.5 Å². The van der Waals surface area contributed by atoms with Gasteiger partial charge in [-0.2, -0.15) is 0 Å². The predicted octanol–water partition coefficient (Wildman–Crippen LogP) is 0.901. The first-order chi connectivity index (χ1) is 8.13. The molecule has 1 fully saturated rings. The van der Waals surface area contributed by atoms with Crippen molar-refractivity contribution in [3.05, 3.63) is 0 Å². The average Bonchev–Trinajstić information content (AvgIpc) is 2.29. The maximum Gasteiger partial charge on any atom is 0.234 e. The van der Waals surface area contributed by atoms with Gasteiger partial charge in [0.2, 0.25) is 5.91 Å². The number of hydrogen-bond acceptors (Lipinski definition) is 3. The predicted molar refractivity (Wildman–Crippen MR) is 73.9 cm³/mol. The van der Waals surface area contributed by atoms with E-state index in [0.717, 1.165) is 45.3 Å². The standard InChI is InChI=1S/C12H23N3OS/c1-2-3-6-14-11(16)9-15-7-4-5-10(8-15)12(13)17/h10H,2-9H2,1H3,(H2,13,17)(H,14,16). The molecule has 98 valence electrons. The molecule has 4 nitrogen and oxygen atoms in total. The quantitative estimate of drug-likeness (QED) is 0.548. The van der Waals surface area contributed by atoms with Gasteiger partial charge in [0.15, 0.2) is 0 Å². The van der Waals surface area contributed by atoms with Crippen molar-refractivity contribution in [1.29, 1.82) is 0 Å². The van der Waals surface area contributed by atoms with Gasteiger partial charge in [-0.3, -0.25) is 9.69 Å². The highest BCUT2D eigenvalue weighted by Crippen LogP contribution is 2.16. The van der Waals surface area contributed by atoms with E-state index < -0.39 is 0 Å². The molecule has 1 atom stereocenters. The second-order valence-electron chi connectivity index (χ2n) is 4.68. The van der Waals surface area contributed by atoms with Crippen LogP contribution in [-0.2, 0) is 4.79 Å². The van der Waals surface area contributed by atoms with E-state index in [1.54, 1.807) is 0 Å². The van der Waals surface area contributed by atoms with E-state index in [0.29, 0.717) is 11.5 Å². The van der Waals surface area contributed by atoms with Crippen LogP contribution in [0.25, 0.3) is 0 Å². The van der Waals surface area contributed by atoms with Crippen LogP contribution in [-0.4, -0.2) is 42.0 Å². The largest absolute Gasteiger partial charge is 0.393 e. The molecule has 5 heteroatoms. The Morgan fingerprint density at radius 1 is 1.59 bits per heavy atom. The summed E-state index contributed by atoms with van der Waals surface area (Å²) in [6, 6.07) is 0. The number of rotatable bonds is 6. The molecule has 0 saturated carbocycles. The first kappa shape index (κ1) is 14.4. The lowest BCUT2D eigenvalue weighted by molar-refractivity contribution is -0.122. The molecule has 1 aliphatic rings. The van der Waals surface area contributed by atoms with Crippen molar-refractivity contribution in [2.75, 3.05) is 26.2 Å². The third kappa shape index (κ3) is 5.46. The minimum atomic E-state index is 0.113. The number of piperidine rings is 1. The molecule has 3 N–H and O–H groups in total. The summed E-state index contributed by atoms with van der Waals surface area (Å²) in [6.45, 7) is 5.17. The number of hydrogen-bond donors (Lipinski definition) is 2. The van der Waals surface area contributed by atoms with Gasteiger partial charge in [0.1, 0.15) is 0 Å². The van der Waals surface area contributed by atoms with Crippen molar-refractivity contribution in [3.8, 4) is 0 Å². The summed E-state index contributed by atoms with van der Waals surface area (Å²) in [6.07, 6.45) is 4.28. The number of thiocarbonyl (C=S) groups is 1. The minimum absolute atomic E-state index is 0.113. The van der Waals surface area contributed by atoms with Crippen LogP contribution in [0.1, 0.15) is 32.6 Å². The second kappa shape index (κ2) is 7.61. The van der Waals surface area contributed by atoms with Gasteiger partial charge < -0.3 is 11.1 Å². The molecular formula is C12H23N3OS. The van der Waals surface area contributed by atoms with Crippen LogP contribution in [0.2, 0.25) is 0 Å². The molecule has 0 spiro atoms. The Balaban J connectivity index is 2.26. The van der Waals surface area contributed by atoms with Crippen LogP contribution < -0.4 is 11.1 Å². The average molecular weight is 257 g/mol. The molecule has 0 bridgehead atoms. The van der Waals surface area contributed by atoms with Crippen molar-refractivity contribution in [3.63, 3.8) is 0 Å². The smallest absolute Gasteiger partial charge is 0.234 e. The van der Waals surface area contributed by atoms with E-state index in [1.807, 2.05) is 0 Å². The van der Waals surface area contributed by atoms with E-state index in [9.17, 15) is 4.79 Å². The van der Waals surface area contributed by atoms with Crippen LogP contribution in [0.15, 0.2) is 0 Å². The summed E-state index contributed by atoms with van der Waals surface area (Å²) >= 11 is 5.02. The Hall–Kier alpha value is -0.680. The van der Waals surface area contributed by atoms with Crippen LogP contribution in [0, 0.1) is 5.92 Å². The van der Waals surface area contributed by atoms with Gasteiger partial charge in [-0.05, 0) is 25.8 Å². The summed E-state index contributed by atoms with van der Waals surface area (Å²) in [5.41, 5.74) is 5.66. The molecule has 17 heavy (non-hydrogen) atoms. The molecule has 0 radical (unpaired) electrons. The molecule has 1 aliphatic heterocycles. The molecule has 0 aromatic rings. The van der Waals surface area contributed by atoms with Crippen molar-refractivity contribution < 1.29 is 4.79 Å².